The Morgan fingerprint density at radius 2 is 0.585 bits per heavy atom. The zero-order valence-electron chi connectivity index (χ0n) is 84.0. The van der Waals surface area contributed by atoms with Gasteiger partial charge in [0.2, 0.25) is 0 Å². The van der Waals surface area contributed by atoms with Crippen molar-refractivity contribution in [2.75, 3.05) is 9.80 Å². The highest BCUT2D eigenvalue weighted by Gasteiger charge is 2.47. The minimum absolute atomic E-state index is 0.0867. The number of aromatic nitrogens is 2. The second kappa shape index (κ2) is 27.7. The number of hydrogen-bond donors (Lipinski definition) is 0. The molecule has 2 aliphatic heterocycles. The maximum absolute atomic E-state index is 10.1. The number of anilines is 6. The number of benzene rings is 18. The molecule has 18 aromatic carbocycles. The van der Waals surface area contributed by atoms with Crippen LogP contribution in [0, 0.1) is 0 Å². The van der Waals surface area contributed by atoms with Gasteiger partial charge in [0.25, 0.3) is 6.71 Å². The van der Waals surface area contributed by atoms with Crippen molar-refractivity contribution in [3.05, 3.63) is 405 Å². The molecular weight excluding hydrogens is 1490 g/mol. The Morgan fingerprint density at radius 3 is 0.967 bits per heavy atom. The van der Waals surface area contributed by atoms with Crippen molar-refractivity contribution < 1.29 is 30.8 Å². The summed E-state index contributed by atoms with van der Waals surface area (Å²) >= 11 is 0. The molecule has 0 atom stereocenters. The van der Waals surface area contributed by atoms with Crippen molar-refractivity contribution in [3.8, 4) is 89.3 Å². The van der Waals surface area contributed by atoms with Gasteiger partial charge >= 0.3 is 0 Å². The van der Waals surface area contributed by atoms with Gasteiger partial charge in [0, 0.05) is 111 Å². The fourth-order valence-corrected chi connectivity index (χ4v) is 19.3. The van der Waals surface area contributed by atoms with E-state index in [4.69, 9.17) is 8.83 Å². The van der Waals surface area contributed by atoms with Crippen molar-refractivity contribution >= 4 is 145 Å². The smallest absolute Gasteiger partial charge is 0.252 e. The molecule has 24 rings (SSSR count). The van der Waals surface area contributed by atoms with Crippen molar-refractivity contribution in [2.24, 2.45) is 0 Å². The fourth-order valence-electron chi connectivity index (χ4n) is 19.3. The number of furan rings is 2. The van der Waals surface area contributed by atoms with Gasteiger partial charge in [0.15, 0.2) is 0 Å². The zero-order valence-corrected chi connectivity index (χ0v) is 68.0. The van der Waals surface area contributed by atoms with Crippen LogP contribution in [0.3, 0.4) is 0 Å². The standard InChI is InChI=1S/C116H83BN4O2/c1-115(2,3)80-66-94(74-37-15-9-16-38-74)111(96(68-80)92-49-31-47-90-88-45-23-29-55-108(88)122-113(90)92)120-104-70-82(118-100-51-25-19-41-84(100)85-42-20-26-52-101(85)118)57-59-98(104)117-99-60-58-83(119-102-53-27-21-43-86(102)87-44-22-28-54-103(87)119)71-105(99)121(107-65-79(64-106(120)110(107)117)78-62-76(72-33-11-7-12-34-72)61-77(63-78)73-35-13-8-14-36-73)112-95(75-39-17-10-18-40-75)67-81(116(4,5)6)69-97(112)93-50-32-48-91-89-46-24-30-56-109(89)123-114(91)93/h7-71H,1-6H3/i19D,20D,21D,22D,25D,26D,27D,28D,41D,42D,43D,44D,51D,52D,53D,54D. The summed E-state index contributed by atoms with van der Waals surface area (Å²) in [5, 5.41) is 3.12. The molecule has 0 saturated heterocycles. The number of rotatable bonds is 11. The van der Waals surface area contributed by atoms with Crippen LogP contribution in [0.4, 0.5) is 34.1 Å². The predicted molar refractivity (Wildman–Crippen MR) is 519 cm³/mol. The summed E-state index contributed by atoms with van der Waals surface area (Å²) in [6, 6.07) is 93.2. The molecule has 6 nitrogen and oxygen atoms in total. The lowest BCUT2D eigenvalue weighted by atomic mass is 9.33. The van der Waals surface area contributed by atoms with E-state index in [1.807, 2.05) is 146 Å². The van der Waals surface area contributed by atoms with Gasteiger partial charge in [-0.15, -0.1) is 0 Å². The van der Waals surface area contributed by atoms with E-state index in [0.29, 0.717) is 72.9 Å². The zero-order chi connectivity index (χ0) is 96.0. The molecule has 0 saturated carbocycles. The second-order valence-electron chi connectivity index (χ2n) is 34.2. The topological polar surface area (TPSA) is 42.6 Å². The van der Waals surface area contributed by atoms with Crippen molar-refractivity contribution in [1.29, 1.82) is 0 Å². The number of fused-ring (bicyclic) bond motifs is 16. The lowest BCUT2D eigenvalue weighted by Crippen LogP contribution is -2.61. The van der Waals surface area contributed by atoms with Gasteiger partial charge in [0.1, 0.15) is 22.3 Å². The molecule has 22 aromatic rings. The monoisotopic (exact) mass is 1590 g/mol. The maximum atomic E-state index is 10.1. The van der Waals surface area contributed by atoms with E-state index in [1.54, 1.807) is 9.13 Å². The van der Waals surface area contributed by atoms with Gasteiger partial charge in [-0.2, -0.15) is 0 Å². The van der Waals surface area contributed by atoms with Crippen LogP contribution >= 0.6 is 0 Å². The molecule has 0 radical (unpaired) electrons. The molecule has 0 aliphatic carbocycles. The first-order valence-corrected chi connectivity index (χ1v) is 41.6. The summed E-state index contributed by atoms with van der Waals surface area (Å²) in [6.45, 7) is 12.3. The van der Waals surface area contributed by atoms with Gasteiger partial charge < -0.3 is 27.8 Å². The maximum Gasteiger partial charge on any atom is 0.252 e. The molecular formula is C116H83BN4O2. The third-order valence-electron chi connectivity index (χ3n) is 25.1. The average molecular weight is 1590 g/mol. The molecule has 0 unspecified atom stereocenters. The summed E-state index contributed by atoms with van der Waals surface area (Å²) in [5.74, 6) is 0. The predicted octanol–water partition coefficient (Wildman–Crippen LogP) is 30.0. The quantitative estimate of drug-likeness (QED) is 0.121. The van der Waals surface area contributed by atoms with Crippen LogP contribution in [0.25, 0.3) is 177 Å². The van der Waals surface area contributed by atoms with Gasteiger partial charge in [-0.25, -0.2) is 0 Å². The van der Waals surface area contributed by atoms with Gasteiger partial charge in [-0.3, -0.25) is 0 Å². The van der Waals surface area contributed by atoms with Gasteiger partial charge in [-0.05, 0) is 198 Å². The van der Waals surface area contributed by atoms with Crippen molar-refractivity contribution in [3.63, 3.8) is 0 Å². The Hall–Kier alpha value is -15.2. The Labute approximate surface area is 737 Å². The number of para-hydroxylation sites is 8. The van der Waals surface area contributed by atoms with Crippen molar-refractivity contribution in [2.45, 2.75) is 52.4 Å². The molecule has 582 valence electrons. The normalized spacial score (nSPS) is 14.6. The summed E-state index contributed by atoms with van der Waals surface area (Å²) < 4.78 is 173. The highest BCUT2D eigenvalue weighted by atomic mass is 16.3. The van der Waals surface area contributed by atoms with Crippen LogP contribution in [0.5, 0.6) is 0 Å². The van der Waals surface area contributed by atoms with Gasteiger partial charge in [0.05, 0.1) is 55.4 Å². The second-order valence-corrected chi connectivity index (χ2v) is 34.2. The van der Waals surface area contributed by atoms with E-state index in [-0.39, 0.29) is 55.0 Å². The lowest BCUT2D eigenvalue weighted by molar-refractivity contribution is 0.590. The first-order chi connectivity index (χ1) is 66.9. The highest BCUT2D eigenvalue weighted by molar-refractivity contribution is 7.00. The van der Waals surface area contributed by atoms with Crippen LogP contribution in [-0.2, 0) is 10.8 Å². The van der Waals surface area contributed by atoms with Crippen molar-refractivity contribution in [1.82, 2.24) is 9.13 Å². The third-order valence-corrected chi connectivity index (χ3v) is 25.1. The average Bonchev–Trinajstić information content (AvgIpc) is 1.69. The summed E-state index contributed by atoms with van der Waals surface area (Å²) in [6.07, 6.45) is 0. The number of hydrogen-bond acceptors (Lipinski definition) is 4. The Balaban J connectivity index is 0.950. The highest BCUT2D eigenvalue weighted by Crippen LogP contribution is 2.58. The van der Waals surface area contributed by atoms with E-state index in [2.05, 4.69) is 203 Å². The number of nitrogens with zero attached hydrogens (tertiary/aromatic N) is 4. The fraction of sp³-hybridized carbons (Fsp3) is 0.0690. The van der Waals surface area contributed by atoms with E-state index < -0.39 is 114 Å². The molecule has 2 aliphatic rings. The van der Waals surface area contributed by atoms with Crippen LogP contribution in [0.2, 0.25) is 0 Å². The van der Waals surface area contributed by atoms with Crippen LogP contribution in [0.15, 0.2) is 403 Å². The largest absolute Gasteiger partial charge is 0.455 e. The van der Waals surface area contributed by atoms with E-state index >= 15 is 0 Å². The molecule has 0 amide bonds. The molecule has 0 spiro atoms. The minimum atomic E-state index is -0.914. The molecule has 0 N–H and O–H groups in total. The summed E-state index contributed by atoms with van der Waals surface area (Å²) in [7, 11) is 0. The molecule has 4 aromatic heterocycles. The summed E-state index contributed by atoms with van der Waals surface area (Å²) in [4.78, 5) is 4.68. The van der Waals surface area contributed by atoms with E-state index in [9.17, 15) is 21.9 Å². The molecule has 123 heavy (non-hydrogen) atoms. The lowest BCUT2D eigenvalue weighted by Gasteiger charge is -2.46. The van der Waals surface area contributed by atoms with E-state index in [1.165, 1.54) is 0 Å². The van der Waals surface area contributed by atoms with Crippen LogP contribution in [-0.4, -0.2) is 15.8 Å². The molecule has 6 heterocycles. The van der Waals surface area contributed by atoms with Gasteiger partial charge in [-0.1, -0.05) is 320 Å². The Kier molecular flexibility index (Phi) is 12.9. The van der Waals surface area contributed by atoms with Crippen LogP contribution in [0.1, 0.15) is 74.6 Å². The third kappa shape index (κ3) is 11.4. The van der Waals surface area contributed by atoms with Crippen LogP contribution < -0.4 is 26.2 Å². The molecule has 0 fully saturated rings. The molecule has 0 bridgehead atoms. The van der Waals surface area contributed by atoms with E-state index in [0.717, 1.165) is 110 Å². The Morgan fingerprint density at radius 1 is 0.260 bits per heavy atom. The molecule has 7 heteroatoms. The first kappa shape index (κ1) is 57.1. The first-order valence-electron chi connectivity index (χ1n) is 49.6. The minimum Gasteiger partial charge on any atom is -0.455 e. The summed E-state index contributed by atoms with van der Waals surface area (Å²) in [5.41, 5.74) is 20.8. The Bertz CT molecular complexity index is 8470. The SMILES string of the molecule is [2H]c1c([2H])c([2H])c2c(c1[2H])c1c([2H])c([2H])c([2H])c([2H])c1n2-c1ccc2c(c1)N(c1c(-c3ccccc3)cc(C(C)(C)C)cc1-c1cccc3c1oc1ccccc13)c1cc(-c3cc(-c4ccccc4)cc(-c4ccccc4)c3)cc3c1B2c1ccc(-n2c4c([2H])c([2H])c([2H])c([2H])c4c4c([2H])c([2H])c([2H])c([2H])c42)cc1N3c1c(-c2ccccc2)cc(C(C)(C)C)cc1-c1cccc2c1oc1ccccc12.